The van der Waals surface area contributed by atoms with Crippen LogP contribution in [0.25, 0.3) is 6.08 Å². The number of carbonyl (C=O) groups is 1. The minimum absolute atomic E-state index is 0.146. The Morgan fingerprint density at radius 1 is 1.05 bits per heavy atom. The molecule has 0 spiro atoms. The molecular formula is C18H22O. The highest BCUT2D eigenvalue weighted by atomic mass is 16.1. The Morgan fingerprint density at radius 2 is 1.79 bits per heavy atom. The minimum atomic E-state index is 0.146. The van der Waals surface area contributed by atoms with Crippen LogP contribution in [0, 0.1) is 5.41 Å². The monoisotopic (exact) mass is 254 g/mol. The van der Waals surface area contributed by atoms with Crippen LogP contribution in [0.3, 0.4) is 0 Å². The van der Waals surface area contributed by atoms with Crippen LogP contribution in [0.2, 0.25) is 0 Å². The van der Waals surface area contributed by atoms with Crippen LogP contribution in [-0.4, -0.2) is 5.78 Å². The van der Waals surface area contributed by atoms with Crippen LogP contribution in [0.5, 0.6) is 0 Å². The third kappa shape index (κ3) is 3.92. The normalized spacial score (nSPS) is 21.8. The van der Waals surface area contributed by atoms with Crippen LogP contribution >= 0.6 is 0 Å². The van der Waals surface area contributed by atoms with E-state index in [1.54, 1.807) is 0 Å². The number of hydrogen-bond donors (Lipinski definition) is 0. The molecule has 1 aromatic rings. The van der Waals surface area contributed by atoms with Crippen molar-refractivity contribution in [2.75, 3.05) is 0 Å². The van der Waals surface area contributed by atoms with Crippen molar-refractivity contribution >= 4 is 11.9 Å². The fraction of sp³-hybridized carbons (Fsp3) is 0.389. The molecule has 0 unspecified atom stereocenters. The first-order valence-electron chi connectivity index (χ1n) is 7.02. The third-order valence-corrected chi connectivity index (χ3v) is 3.96. The van der Waals surface area contributed by atoms with E-state index < -0.39 is 0 Å². The third-order valence-electron chi connectivity index (χ3n) is 3.96. The lowest BCUT2D eigenvalue weighted by atomic mass is 9.80. The van der Waals surface area contributed by atoms with Gasteiger partial charge in [-0.25, -0.2) is 0 Å². The van der Waals surface area contributed by atoms with Crippen LogP contribution < -0.4 is 0 Å². The summed E-state index contributed by atoms with van der Waals surface area (Å²) in [5.41, 5.74) is 2.75. The van der Waals surface area contributed by atoms with Gasteiger partial charge in [0.15, 0.2) is 0 Å². The van der Waals surface area contributed by atoms with E-state index in [4.69, 9.17) is 0 Å². The summed E-state index contributed by atoms with van der Waals surface area (Å²) < 4.78 is 0. The molecule has 0 bridgehead atoms. The summed E-state index contributed by atoms with van der Waals surface area (Å²) in [6, 6.07) is 10.3. The van der Waals surface area contributed by atoms with Crippen molar-refractivity contribution in [3.05, 3.63) is 53.6 Å². The highest BCUT2D eigenvalue weighted by molar-refractivity contribution is 5.79. The molecule has 1 fully saturated rings. The molecule has 1 saturated carbocycles. The van der Waals surface area contributed by atoms with E-state index in [0.29, 0.717) is 12.2 Å². The van der Waals surface area contributed by atoms with Crippen molar-refractivity contribution in [3.63, 3.8) is 0 Å². The Morgan fingerprint density at radius 3 is 2.53 bits per heavy atom. The zero-order valence-electron chi connectivity index (χ0n) is 11.9. The van der Waals surface area contributed by atoms with Gasteiger partial charge in [0, 0.05) is 12.8 Å². The van der Waals surface area contributed by atoms with Crippen LogP contribution in [0.1, 0.15) is 45.1 Å². The zero-order valence-corrected chi connectivity index (χ0v) is 11.9. The largest absolute Gasteiger partial charge is 0.300 e. The van der Waals surface area contributed by atoms with Crippen molar-refractivity contribution in [1.82, 2.24) is 0 Å². The lowest BCUT2D eigenvalue weighted by molar-refractivity contribution is -0.119. The van der Waals surface area contributed by atoms with Gasteiger partial charge in [-0.3, -0.25) is 4.79 Å². The maximum atomic E-state index is 11.6. The average Bonchev–Trinajstić information content (AvgIpc) is 2.52. The van der Waals surface area contributed by atoms with Gasteiger partial charge in [0.2, 0.25) is 0 Å². The molecule has 0 N–H and O–H groups in total. The van der Waals surface area contributed by atoms with E-state index in [1.807, 2.05) is 18.2 Å². The number of hydrogen-bond acceptors (Lipinski definition) is 1. The summed E-state index contributed by atoms with van der Waals surface area (Å²) in [7, 11) is 0. The molecule has 1 nitrogen and oxygen atoms in total. The van der Waals surface area contributed by atoms with Gasteiger partial charge >= 0.3 is 0 Å². The van der Waals surface area contributed by atoms with E-state index >= 15 is 0 Å². The molecule has 0 aromatic heterocycles. The molecule has 1 aliphatic rings. The molecule has 19 heavy (non-hydrogen) atoms. The Bertz CT molecular complexity index is 492. The molecule has 0 atom stereocenters. The minimum Gasteiger partial charge on any atom is -0.300 e. The van der Waals surface area contributed by atoms with E-state index in [1.165, 1.54) is 11.1 Å². The first kappa shape index (κ1) is 13.8. The molecule has 0 aliphatic heterocycles. The smallest absolute Gasteiger partial charge is 0.133 e. The SMILES string of the molecule is CC1(C)CCC(=O)CC/C1=C/C=C/c1ccccc1. The van der Waals surface area contributed by atoms with Crippen molar-refractivity contribution in [1.29, 1.82) is 0 Å². The van der Waals surface area contributed by atoms with E-state index in [-0.39, 0.29) is 5.41 Å². The highest BCUT2D eigenvalue weighted by Crippen LogP contribution is 2.37. The molecule has 0 saturated heterocycles. The average molecular weight is 254 g/mol. The molecule has 0 amide bonds. The first-order chi connectivity index (χ1) is 9.08. The van der Waals surface area contributed by atoms with Crippen LogP contribution in [-0.2, 0) is 4.79 Å². The van der Waals surface area contributed by atoms with E-state index in [0.717, 1.165) is 19.3 Å². The number of rotatable bonds is 2. The summed E-state index contributed by atoms with van der Waals surface area (Å²) in [6.07, 6.45) is 9.74. The summed E-state index contributed by atoms with van der Waals surface area (Å²) in [5, 5.41) is 0. The summed E-state index contributed by atoms with van der Waals surface area (Å²) in [4.78, 5) is 11.6. The quantitative estimate of drug-likeness (QED) is 0.693. The summed E-state index contributed by atoms with van der Waals surface area (Å²) in [6.45, 7) is 4.49. The Kier molecular flexibility index (Phi) is 4.36. The maximum absolute atomic E-state index is 11.6. The number of ketones is 1. The first-order valence-corrected chi connectivity index (χ1v) is 7.02. The predicted octanol–water partition coefficient (Wildman–Crippen LogP) is 4.80. The number of benzene rings is 1. The number of Topliss-reactive ketones (excluding diaryl/α,β-unsaturated/α-hetero) is 1. The van der Waals surface area contributed by atoms with Crippen LogP contribution in [0.15, 0.2) is 48.1 Å². The lowest BCUT2D eigenvalue weighted by Gasteiger charge is -2.25. The molecule has 1 aromatic carbocycles. The van der Waals surface area contributed by atoms with Crippen molar-refractivity contribution in [3.8, 4) is 0 Å². The fourth-order valence-electron chi connectivity index (χ4n) is 2.50. The molecule has 0 radical (unpaired) electrons. The molecule has 100 valence electrons. The Hall–Kier alpha value is -1.63. The fourth-order valence-corrected chi connectivity index (χ4v) is 2.50. The van der Waals surface area contributed by atoms with Gasteiger partial charge in [0.05, 0.1) is 0 Å². The maximum Gasteiger partial charge on any atom is 0.133 e. The topological polar surface area (TPSA) is 17.1 Å². The highest BCUT2D eigenvalue weighted by Gasteiger charge is 2.27. The van der Waals surface area contributed by atoms with Gasteiger partial charge in [0.25, 0.3) is 0 Å². The van der Waals surface area contributed by atoms with Crippen molar-refractivity contribution in [2.45, 2.75) is 39.5 Å². The van der Waals surface area contributed by atoms with Gasteiger partial charge < -0.3 is 0 Å². The summed E-state index contributed by atoms with van der Waals surface area (Å²) >= 11 is 0. The Labute approximate surface area is 116 Å². The second kappa shape index (κ2) is 6.01. The van der Waals surface area contributed by atoms with Gasteiger partial charge in [-0.15, -0.1) is 0 Å². The van der Waals surface area contributed by atoms with Gasteiger partial charge in [-0.1, -0.05) is 68.0 Å². The number of allylic oxidation sites excluding steroid dienone is 3. The molecule has 1 heteroatoms. The van der Waals surface area contributed by atoms with E-state index in [9.17, 15) is 4.79 Å². The molecule has 2 rings (SSSR count). The summed E-state index contributed by atoms with van der Waals surface area (Å²) in [5.74, 6) is 0.406. The molecule has 0 heterocycles. The molecular weight excluding hydrogens is 232 g/mol. The predicted molar refractivity (Wildman–Crippen MR) is 80.8 cm³/mol. The van der Waals surface area contributed by atoms with E-state index in [2.05, 4.69) is 44.2 Å². The van der Waals surface area contributed by atoms with Crippen molar-refractivity contribution < 1.29 is 4.79 Å². The lowest BCUT2D eigenvalue weighted by Crippen LogP contribution is -2.13. The standard InChI is InChI=1S/C18H22O/c1-18(2)14-13-17(19)12-11-16(18)10-6-9-15-7-4-3-5-8-15/h3-10H,11-14H2,1-2H3/b9-6+,16-10-. The molecule has 1 aliphatic carbocycles. The zero-order chi connectivity index (χ0) is 13.7. The van der Waals surface area contributed by atoms with Gasteiger partial charge in [-0.2, -0.15) is 0 Å². The number of carbonyl (C=O) groups excluding carboxylic acids is 1. The van der Waals surface area contributed by atoms with Crippen LogP contribution in [0.4, 0.5) is 0 Å². The second-order valence-corrected chi connectivity index (χ2v) is 5.88. The van der Waals surface area contributed by atoms with Gasteiger partial charge in [-0.05, 0) is 23.8 Å². The second-order valence-electron chi connectivity index (χ2n) is 5.88. The van der Waals surface area contributed by atoms with Gasteiger partial charge in [0.1, 0.15) is 5.78 Å². The van der Waals surface area contributed by atoms with Crippen molar-refractivity contribution in [2.24, 2.45) is 5.41 Å². The Balaban J connectivity index is 2.12.